The monoisotopic (exact) mass is 777 g/mol. The summed E-state index contributed by atoms with van der Waals surface area (Å²) in [4.78, 5) is 0. The summed E-state index contributed by atoms with van der Waals surface area (Å²) in [5.41, 5.74) is 13.9. The first-order valence-corrected chi connectivity index (χ1v) is 18.1. The number of unbranched alkanes of at least 4 members (excludes halogenated alkanes) is 2. The van der Waals surface area contributed by atoms with Crippen LogP contribution in [-0.2, 0) is 37.0 Å². The molecule has 0 spiro atoms. The van der Waals surface area contributed by atoms with Gasteiger partial charge < -0.3 is 24.8 Å². The molecular formula is C47H53Cl2Zr. The van der Waals surface area contributed by atoms with Crippen molar-refractivity contribution >= 4 is 17.2 Å². The SMILES string of the molecule is CCCCC(CCCC)=c1c(C(C)(C)C)c(-c2ccccc2)c(C2=CC=CC2)c2c1=c1cc(C(C)(C)C)c(-c3ccccc3)cc1=[C-]2.[Cl-].[Cl-].[Zr+3]. The second-order valence-electron chi connectivity index (χ2n) is 15.7. The van der Waals surface area contributed by atoms with Crippen LogP contribution in [0.25, 0.3) is 39.5 Å². The molecule has 0 unspecified atom stereocenters. The Morgan fingerprint density at radius 2 is 1.30 bits per heavy atom. The molecule has 0 nitrogen and oxygen atoms in total. The zero-order chi connectivity index (χ0) is 33.3. The second-order valence-corrected chi connectivity index (χ2v) is 15.7. The molecule has 0 atom stereocenters. The van der Waals surface area contributed by atoms with Crippen LogP contribution in [0.1, 0.15) is 123 Å². The summed E-state index contributed by atoms with van der Waals surface area (Å²) in [6, 6.07) is 27.2. The van der Waals surface area contributed by atoms with Crippen LogP contribution >= 0.6 is 0 Å². The van der Waals surface area contributed by atoms with Crippen molar-refractivity contribution in [3.63, 3.8) is 0 Å². The van der Waals surface area contributed by atoms with Gasteiger partial charge in [0.2, 0.25) is 0 Å². The first kappa shape index (κ1) is 42.0. The van der Waals surface area contributed by atoms with Crippen LogP contribution < -0.4 is 35.3 Å². The maximum Gasteiger partial charge on any atom is 3.00 e. The Balaban J connectivity index is 0.00000225. The minimum atomic E-state index is -0.0693. The molecule has 0 saturated heterocycles. The molecular weight excluding hydrogens is 727 g/mol. The number of halogens is 2. The van der Waals surface area contributed by atoms with E-state index in [9.17, 15) is 0 Å². The molecule has 4 aromatic carbocycles. The third-order valence-corrected chi connectivity index (χ3v) is 10.0. The van der Waals surface area contributed by atoms with E-state index in [-0.39, 0.29) is 61.8 Å². The maximum absolute atomic E-state index is 4.13. The first-order chi connectivity index (χ1) is 22.5. The predicted octanol–water partition coefficient (Wildman–Crippen LogP) is 5.80. The van der Waals surface area contributed by atoms with Gasteiger partial charge >= 0.3 is 26.2 Å². The van der Waals surface area contributed by atoms with Crippen LogP contribution in [0.15, 0.2) is 91.0 Å². The zero-order valence-electron chi connectivity index (χ0n) is 31.4. The van der Waals surface area contributed by atoms with E-state index in [4.69, 9.17) is 0 Å². The van der Waals surface area contributed by atoms with E-state index in [2.05, 4.69) is 152 Å². The summed E-state index contributed by atoms with van der Waals surface area (Å²) < 4.78 is 0. The molecule has 0 heterocycles. The average molecular weight is 780 g/mol. The fourth-order valence-corrected chi connectivity index (χ4v) is 7.77. The molecule has 50 heavy (non-hydrogen) atoms. The van der Waals surface area contributed by atoms with Crippen molar-refractivity contribution in [2.45, 2.75) is 111 Å². The number of hydrogen-bond acceptors (Lipinski definition) is 0. The Morgan fingerprint density at radius 3 is 1.80 bits per heavy atom. The summed E-state index contributed by atoms with van der Waals surface area (Å²) in [5, 5.41) is 5.54. The third kappa shape index (κ3) is 8.28. The fourth-order valence-electron chi connectivity index (χ4n) is 7.77. The maximum atomic E-state index is 4.13. The molecule has 2 aliphatic rings. The summed E-state index contributed by atoms with van der Waals surface area (Å²) in [6.45, 7) is 19.1. The first-order valence-electron chi connectivity index (χ1n) is 18.1. The second kappa shape index (κ2) is 17.4. The van der Waals surface area contributed by atoms with Gasteiger partial charge in [0.25, 0.3) is 0 Å². The van der Waals surface area contributed by atoms with Gasteiger partial charge in [-0.2, -0.15) is 0 Å². The quantitative estimate of drug-likeness (QED) is 0.166. The molecule has 0 N–H and O–H groups in total. The summed E-state index contributed by atoms with van der Waals surface area (Å²) >= 11 is 0. The smallest absolute Gasteiger partial charge is 1.00 e. The van der Waals surface area contributed by atoms with E-state index < -0.39 is 0 Å². The molecule has 4 aromatic rings. The van der Waals surface area contributed by atoms with Crippen molar-refractivity contribution in [2.24, 2.45) is 0 Å². The van der Waals surface area contributed by atoms with E-state index in [0.717, 1.165) is 19.3 Å². The van der Waals surface area contributed by atoms with Crippen LogP contribution in [0, 0.1) is 10.4 Å². The van der Waals surface area contributed by atoms with Crippen molar-refractivity contribution in [3.05, 3.63) is 134 Å². The van der Waals surface area contributed by atoms with Gasteiger partial charge in [0.15, 0.2) is 0 Å². The van der Waals surface area contributed by atoms with Gasteiger partial charge in [0, 0.05) is 0 Å². The van der Waals surface area contributed by atoms with Gasteiger partial charge in [-0.15, -0.1) is 33.4 Å². The van der Waals surface area contributed by atoms with Crippen LogP contribution in [-0.4, -0.2) is 0 Å². The molecule has 0 bridgehead atoms. The van der Waals surface area contributed by atoms with Crippen molar-refractivity contribution < 1.29 is 51.0 Å². The van der Waals surface area contributed by atoms with Crippen LogP contribution in [0.2, 0.25) is 0 Å². The Labute approximate surface area is 333 Å². The van der Waals surface area contributed by atoms with Gasteiger partial charge in [0.05, 0.1) is 0 Å². The molecule has 259 valence electrons. The van der Waals surface area contributed by atoms with E-state index in [1.54, 1.807) is 5.57 Å². The number of fused-ring (bicyclic) bond motifs is 2. The molecule has 0 aliphatic heterocycles. The van der Waals surface area contributed by atoms with Gasteiger partial charge in [-0.3, -0.25) is 0 Å². The van der Waals surface area contributed by atoms with E-state index in [1.807, 2.05) is 0 Å². The van der Waals surface area contributed by atoms with Crippen molar-refractivity contribution in [1.29, 1.82) is 0 Å². The molecule has 0 amide bonds. The number of allylic oxidation sites excluding steroid dienone is 4. The molecule has 0 fully saturated rings. The molecule has 2 aliphatic carbocycles. The normalized spacial score (nSPS) is 12.9. The summed E-state index contributed by atoms with van der Waals surface area (Å²) in [7, 11) is 0. The Hall–Kier alpha value is -2.44. The van der Waals surface area contributed by atoms with E-state index in [0.29, 0.717) is 0 Å². The Kier molecular flexibility index (Phi) is 14.6. The van der Waals surface area contributed by atoms with Gasteiger partial charge in [-0.1, -0.05) is 175 Å². The average Bonchev–Trinajstić information content (AvgIpc) is 3.72. The predicted molar refractivity (Wildman–Crippen MR) is 205 cm³/mol. The Morgan fingerprint density at radius 1 is 0.720 bits per heavy atom. The topological polar surface area (TPSA) is 0 Å². The standard InChI is InChI=1S/C47H53.2ClH.Zr/c1-9-11-21-34(22-12-10-2)43-44-38-31-40(46(3,4)5)37(32-23-15-13-16-24-32)29-36(38)30-39(44)41(33-27-19-20-28-33)42(45(43)47(6,7)8)35-25-17-14-18-26-35;;;/h13-20,23-27,29,31H,9-12,21-22,28H2,1-8H3;2*1H;/q-1;;;+3/p-2. The summed E-state index contributed by atoms with van der Waals surface area (Å²) in [6.07, 6.45) is 19.1. The minimum Gasteiger partial charge on any atom is -1.00 e. The third-order valence-electron chi connectivity index (χ3n) is 10.0. The molecule has 0 aromatic heterocycles. The minimum absolute atomic E-state index is 0. The van der Waals surface area contributed by atoms with Crippen LogP contribution in [0.3, 0.4) is 0 Å². The molecule has 0 saturated carbocycles. The van der Waals surface area contributed by atoms with Crippen molar-refractivity contribution in [2.75, 3.05) is 0 Å². The largest absolute Gasteiger partial charge is 3.00 e. The van der Waals surface area contributed by atoms with Gasteiger partial charge in [-0.05, 0) is 76.3 Å². The van der Waals surface area contributed by atoms with Crippen molar-refractivity contribution in [3.8, 4) is 22.3 Å². The molecule has 6 rings (SSSR count). The van der Waals surface area contributed by atoms with E-state index in [1.165, 1.54) is 96.6 Å². The number of rotatable bonds is 9. The van der Waals surface area contributed by atoms with Gasteiger partial charge in [0.1, 0.15) is 0 Å². The van der Waals surface area contributed by atoms with Crippen LogP contribution in [0.5, 0.6) is 0 Å². The number of benzene rings is 4. The van der Waals surface area contributed by atoms with E-state index >= 15 is 0 Å². The van der Waals surface area contributed by atoms with Gasteiger partial charge in [-0.25, -0.2) is 0 Å². The summed E-state index contributed by atoms with van der Waals surface area (Å²) in [5.74, 6) is 0. The number of hydrogen-bond donors (Lipinski definition) is 0. The van der Waals surface area contributed by atoms with Crippen LogP contribution in [0.4, 0.5) is 0 Å². The Bertz CT molecular complexity index is 2060. The fraction of sp³-hybridized carbons (Fsp3) is 0.362. The zero-order valence-corrected chi connectivity index (χ0v) is 35.3. The molecule has 1 radical (unpaired) electrons. The molecule has 3 heteroatoms. The van der Waals surface area contributed by atoms with Crippen molar-refractivity contribution in [1.82, 2.24) is 0 Å².